The lowest BCUT2D eigenvalue weighted by atomic mass is 10.3. The van der Waals surface area contributed by atoms with Gasteiger partial charge in [0.25, 0.3) is 5.56 Å². The summed E-state index contributed by atoms with van der Waals surface area (Å²) >= 11 is 1.46. The number of hydrogen-bond acceptors (Lipinski definition) is 5. The van der Waals surface area contributed by atoms with Gasteiger partial charge in [-0.15, -0.1) is 0 Å². The van der Waals surface area contributed by atoms with E-state index >= 15 is 0 Å². The first-order chi connectivity index (χ1) is 8.67. The number of aromatic nitrogens is 3. The van der Waals surface area contributed by atoms with E-state index in [9.17, 15) is 4.79 Å². The number of pyridine rings is 1. The minimum atomic E-state index is -0.123. The third-order valence-electron chi connectivity index (χ3n) is 2.31. The van der Waals surface area contributed by atoms with Crippen LogP contribution in [0.2, 0.25) is 0 Å². The number of aryl methyl sites for hydroxylation is 1. The lowest BCUT2D eigenvalue weighted by Crippen LogP contribution is -2.08. The van der Waals surface area contributed by atoms with Crippen molar-refractivity contribution in [2.75, 3.05) is 12.4 Å². The van der Waals surface area contributed by atoms with Gasteiger partial charge in [-0.1, -0.05) is 11.8 Å². The highest BCUT2D eigenvalue weighted by molar-refractivity contribution is 7.98. The Bertz CT molecular complexity index is 597. The Morgan fingerprint density at radius 3 is 3.00 bits per heavy atom. The lowest BCUT2D eigenvalue weighted by molar-refractivity contribution is 0.904. The van der Waals surface area contributed by atoms with Crippen LogP contribution in [0.15, 0.2) is 34.3 Å². The van der Waals surface area contributed by atoms with Gasteiger partial charge in [-0.3, -0.25) is 9.78 Å². The molecule has 2 heterocycles. The average Bonchev–Trinajstić information content (AvgIpc) is 2.35. The summed E-state index contributed by atoms with van der Waals surface area (Å²) in [6.07, 6.45) is 1.76. The standard InChI is InChI=1S/C12H14N4OS/c1-8-5-11(17)16-12(15-8)18-7-10-6-9(13-2)3-4-14-10/h3-6H,7H2,1-2H3,(H,13,14)(H,15,16,17). The van der Waals surface area contributed by atoms with Gasteiger partial charge in [0.15, 0.2) is 5.16 Å². The van der Waals surface area contributed by atoms with Crippen LogP contribution in [0.4, 0.5) is 5.69 Å². The molecule has 94 valence electrons. The van der Waals surface area contributed by atoms with Crippen LogP contribution in [0, 0.1) is 6.92 Å². The number of rotatable bonds is 4. The number of nitrogens with zero attached hydrogens (tertiary/aromatic N) is 2. The van der Waals surface area contributed by atoms with Crippen LogP contribution in [0.5, 0.6) is 0 Å². The molecule has 0 aromatic carbocycles. The van der Waals surface area contributed by atoms with Crippen LogP contribution >= 0.6 is 11.8 Å². The molecule has 0 unspecified atom stereocenters. The molecule has 18 heavy (non-hydrogen) atoms. The van der Waals surface area contributed by atoms with Gasteiger partial charge in [-0.25, -0.2) is 4.98 Å². The second kappa shape index (κ2) is 5.68. The zero-order valence-corrected chi connectivity index (χ0v) is 11.0. The van der Waals surface area contributed by atoms with Crippen LogP contribution in [0.25, 0.3) is 0 Å². The number of nitrogens with one attached hydrogen (secondary N) is 2. The summed E-state index contributed by atoms with van der Waals surface area (Å²) in [4.78, 5) is 22.5. The van der Waals surface area contributed by atoms with Gasteiger partial charge >= 0.3 is 0 Å². The molecule has 2 aromatic rings. The molecular weight excluding hydrogens is 248 g/mol. The van der Waals surface area contributed by atoms with Crippen molar-refractivity contribution in [1.82, 2.24) is 15.0 Å². The van der Waals surface area contributed by atoms with Crippen molar-refractivity contribution < 1.29 is 0 Å². The summed E-state index contributed by atoms with van der Waals surface area (Å²) in [5, 5.41) is 3.68. The summed E-state index contributed by atoms with van der Waals surface area (Å²) < 4.78 is 0. The predicted molar refractivity (Wildman–Crippen MR) is 72.9 cm³/mol. The zero-order valence-electron chi connectivity index (χ0n) is 10.2. The molecule has 0 aliphatic carbocycles. The number of H-pyrrole nitrogens is 1. The van der Waals surface area contributed by atoms with Crippen molar-refractivity contribution in [3.05, 3.63) is 46.1 Å². The van der Waals surface area contributed by atoms with E-state index in [2.05, 4.69) is 20.3 Å². The number of thioether (sulfide) groups is 1. The van der Waals surface area contributed by atoms with E-state index < -0.39 is 0 Å². The topological polar surface area (TPSA) is 70.7 Å². The molecule has 2 N–H and O–H groups in total. The van der Waals surface area contributed by atoms with E-state index in [0.29, 0.717) is 10.9 Å². The smallest absolute Gasteiger partial charge is 0.251 e. The lowest BCUT2D eigenvalue weighted by Gasteiger charge is -2.04. The Balaban J connectivity index is 2.08. The number of hydrogen-bond donors (Lipinski definition) is 2. The molecule has 0 fully saturated rings. The summed E-state index contributed by atoms with van der Waals surface area (Å²) in [6, 6.07) is 5.35. The van der Waals surface area contributed by atoms with Crippen LogP contribution in [-0.2, 0) is 5.75 Å². The molecule has 0 aliphatic rings. The van der Waals surface area contributed by atoms with Gasteiger partial charge in [-0.05, 0) is 19.1 Å². The Morgan fingerprint density at radius 2 is 2.28 bits per heavy atom. The van der Waals surface area contributed by atoms with Crippen molar-refractivity contribution in [2.24, 2.45) is 0 Å². The molecule has 2 aromatic heterocycles. The highest BCUT2D eigenvalue weighted by Crippen LogP contribution is 2.18. The predicted octanol–water partition coefficient (Wildman–Crippen LogP) is 1.81. The average molecular weight is 262 g/mol. The Kier molecular flexibility index (Phi) is 3.99. The van der Waals surface area contributed by atoms with Gasteiger partial charge in [0, 0.05) is 36.4 Å². The summed E-state index contributed by atoms with van der Waals surface area (Å²) in [5.41, 5.74) is 2.56. The van der Waals surface area contributed by atoms with E-state index in [1.165, 1.54) is 17.8 Å². The van der Waals surface area contributed by atoms with Crippen molar-refractivity contribution >= 4 is 17.4 Å². The molecule has 2 rings (SSSR count). The molecule has 0 amide bonds. The van der Waals surface area contributed by atoms with E-state index in [1.54, 1.807) is 13.1 Å². The molecule has 0 aliphatic heterocycles. The molecule has 0 saturated carbocycles. The molecule has 0 radical (unpaired) electrons. The van der Waals surface area contributed by atoms with Crippen LogP contribution in [0.3, 0.4) is 0 Å². The third kappa shape index (κ3) is 3.33. The van der Waals surface area contributed by atoms with Gasteiger partial charge < -0.3 is 10.3 Å². The monoisotopic (exact) mass is 262 g/mol. The van der Waals surface area contributed by atoms with Gasteiger partial charge in [0.05, 0.1) is 5.69 Å². The Morgan fingerprint density at radius 1 is 1.44 bits per heavy atom. The van der Waals surface area contributed by atoms with E-state index in [1.807, 2.05) is 19.2 Å². The molecule has 0 saturated heterocycles. The minimum Gasteiger partial charge on any atom is -0.388 e. The van der Waals surface area contributed by atoms with E-state index in [-0.39, 0.29) is 5.56 Å². The summed E-state index contributed by atoms with van der Waals surface area (Å²) in [5.74, 6) is 0.669. The second-order valence-corrected chi connectivity index (χ2v) is 4.73. The first-order valence-electron chi connectivity index (χ1n) is 5.51. The van der Waals surface area contributed by atoms with Crippen molar-refractivity contribution in [1.29, 1.82) is 0 Å². The Labute approximate surface area is 109 Å². The van der Waals surface area contributed by atoms with Crippen molar-refractivity contribution in [3.63, 3.8) is 0 Å². The quantitative estimate of drug-likeness (QED) is 0.649. The zero-order chi connectivity index (χ0) is 13.0. The molecule has 5 nitrogen and oxygen atoms in total. The fraction of sp³-hybridized carbons (Fsp3) is 0.250. The van der Waals surface area contributed by atoms with Crippen molar-refractivity contribution in [2.45, 2.75) is 17.8 Å². The highest BCUT2D eigenvalue weighted by Gasteiger charge is 2.02. The first-order valence-corrected chi connectivity index (χ1v) is 6.49. The molecule has 0 bridgehead atoms. The first kappa shape index (κ1) is 12.6. The van der Waals surface area contributed by atoms with Crippen LogP contribution < -0.4 is 10.9 Å². The molecule has 0 spiro atoms. The fourth-order valence-corrected chi connectivity index (χ4v) is 2.30. The third-order valence-corrected chi connectivity index (χ3v) is 3.22. The van der Waals surface area contributed by atoms with Crippen molar-refractivity contribution in [3.8, 4) is 0 Å². The molecular formula is C12H14N4OS. The van der Waals surface area contributed by atoms with E-state index in [4.69, 9.17) is 0 Å². The largest absolute Gasteiger partial charge is 0.388 e. The summed E-state index contributed by atoms with van der Waals surface area (Å²) in [7, 11) is 1.87. The minimum absolute atomic E-state index is 0.123. The fourth-order valence-electron chi connectivity index (χ4n) is 1.47. The summed E-state index contributed by atoms with van der Waals surface area (Å²) in [6.45, 7) is 1.80. The van der Waals surface area contributed by atoms with Gasteiger partial charge in [-0.2, -0.15) is 0 Å². The molecule has 0 atom stereocenters. The van der Waals surface area contributed by atoms with Gasteiger partial charge in [0.2, 0.25) is 0 Å². The number of anilines is 1. The Hall–Kier alpha value is -1.82. The maximum atomic E-state index is 11.3. The maximum Gasteiger partial charge on any atom is 0.251 e. The van der Waals surface area contributed by atoms with Crippen LogP contribution in [0.1, 0.15) is 11.4 Å². The molecule has 6 heteroatoms. The van der Waals surface area contributed by atoms with E-state index in [0.717, 1.165) is 17.1 Å². The SMILES string of the molecule is CNc1ccnc(CSc2nc(C)cc(=O)[nH]2)c1. The highest BCUT2D eigenvalue weighted by atomic mass is 32.2. The maximum absolute atomic E-state index is 11.3. The number of aromatic amines is 1. The normalized spacial score (nSPS) is 10.3. The van der Waals surface area contributed by atoms with Crippen LogP contribution in [-0.4, -0.2) is 22.0 Å². The second-order valence-electron chi connectivity index (χ2n) is 3.77. The van der Waals surface area contributed by atoms with Gasteiger partial charge in [0.1, 0.15) is 0 Å².